The number of hydrogen-bond donors (Lipinski definition) is 1. The summed E-state index contributed by atoms with van der Waals surface area (Å²) >= 11 is 1.48. The first-order chi connectivity index (χ1) is 14.8. The van der Waals surface area contributed by atoms with Gasteiger partial charge < -0.3 is 15.1 Å². The summed E-state index contributed by atoms with van der Waals surface area (Å²) in [6.45, 7) is 6.89. The molecule has 0 spiro atoms. The Labute approximate surface area is 190 Å². The van der Waals surface area contributed by atoms with Gasteiger partial charge in [0.15, 0.2) is 0 Å². The van der Waals surface area contributed by atoms with Crippen molar-refractivity contribution in [3.8, 4) is 0 Å². The summed E-state index contributed by atoms with van der Waals surface area (Å²) in [7, 11) is 4.01. The molecule has 1 aliphatic rings. The van der Waals surface area contributed by atoms with Crippen LogP contribution in [-0.2, 0) is 11.3 Å². The number of benzene rings is 1. The zero-order chi connectivity index (χ0) is 22.5. The highest BCUT2D eigenvalue weighted by Gasteiger charge is 2.26. The number of hydrogen-bond acceptors (Lipinski definition) is 4. The van der Waals surface area contributed by atoms with Crippen molar-refractivity contribution in [3.63, 3.8) is 0 Å². The van der Waals surface area contributed by atoms with Crippen LogP contribution in [-0.4, -0.2) is 36.9 Å². The molecule has 0 saturated heterocycles. The van der Waals surface area contributed by atoms with E-state index >= 15 is 0 Å². The largest absolute Gasteiger partial charge is 0.377 e. The van der Waals surface area contributed by atoms with Gasteiger partial charge in [-0.2, -0.15) is 0 Å². The van der Waals surface area contributed by atoms with Gasteiger partial charge in [-0.15, -0.1) is 11.3 Å². The SMILES string of the molecule is CC(C)[C@H](C)N(Cc1cc(NC(=O)C2CCCC2)ccc1N(C)C)C(=O)c1cccs1. The fourth-order valence-electron chi connectivity index (χ4n) is 4.14. The number of nitrogens with zero attached hydrogens (tertiary/aromatic N) is 2. The Balaban J connectivity index is 1.89. The summed E-state index contributed by atoms with van der Waals surface area (Å²) in [5.74, 6) is 0.622. The normalized spacial score (nSPS) is 15.2. The van der Waals surface area contributed by atoms with E-state index in [0.29, 0.717) is 12.5 Å². The van der Waals surface area contributed by atoms with E-state index in [1.165, 1.54) is 11.3 Å². The number of carbonyl (C=O) groups is 2. The van der Waals surface area contributed by atoms with E-state index in [2.05, 4.69) is 31.0 Å². The molecule has 1 heterocycles. The highest BCUT2D eigenvalue weighted by atomic mass is 32.1. The fourth-order valence-corrected chi connectivity index (χ4v) is 4.82. The molecule has 1 N–H and O–H groups in total. The van der Waals surface area contributed by atoms with Gasteiger partial charge in [-0.05, 0) is 60.9 Å². The minimum absolute atomic E-state index is 0.0568. The fraction of sp³-hybridized carbons (Fsp3) is 0.520. The molecule has 0 unspecified atom stereocenters. The molecule has 6 heteroatoms. The number of anilines is 2. The van der Waals surface area contributed by atoms with Gasteiger partial charge in [0.1, 0.15) is 0 Å². The molecule has 1 atom stereocenters. The predicted molar refractivity (Wildman–Crippen MR) is 130 cm³/mol. The standard InChI is InChI=1S/C25H35N3O2S/c1-17(2)18(3)28(25(30)23-11-8-14-31-23)16-20-15-21(12-13-22(20)27(4)5)26-24(29)19-9-6-7-10-19/h8,11-15,17-19H,6-7,9-10,16H2,1-5H3,(H,26,29)/t18-/m0/s1. The first-order valence-electron chi connectivity index (χ1n) is 11.2. The quantitative estimate of drug-likeness (QED) is 0.578. The lowest BCUT2D eigenvalue weighted by molar-refractivity contribution is -0.119. The van der Waals surface area contributed by atoms with Crippen molar-refractivity contribution in [1.29, 1.82) is 0 Å². The molecular formula is C25H35N3O2S. The first-order valence-corrected chi connectivity index (χ1v) is 12.1. The molecule has 168 valence electrons. The molecule has 1 aromatic carbocycles. The van der Waals surface area contributed by atoms with Crippen LogP contribution in [0.5, 0.6) is 0 Å². The molecule has 3 rings (SSSR count). The molecule has 0 bridgehead atoms. The minimum atomic E-state index is 0.0568. The van der Waals surface area contributed by atoms with Crippen LogP contribution in [0, 0.1) is 11.8 Å². The maximum Gasteiger partial charge on any atom is 0.264 e. The molecular weight excluding hydrogens is 406 g/mol. The molecule has 1 fully saturated rings. The maximum absolute atomic E-state index is 13.3. The summed E-state index contributed by atoms with van der Waals surface area (Å²) in [4.78, 5) is 30.7. The van der Waals surface area contributed by atoms with Crippen molar-refractivity contribution in [2.24, 2.45) is 11.8 Å². The summed E-state index contributed by atoms with van der Waals surface area (Å²) < 4.78 is 0. The van der Waals surface area contributed by atoms with E-state index in [1.807, 2.05) is 54.7 Å². The van der Waals surface area contributed by atoms with Crippen molar-refractivity contribution in [1.82, 2.24) is 4.90 Å². The minimum Gasteiger partial charge on any atom is -0.377 e. The average molecular weight is 442 g/mol. The highest BCUT2D eigenvalue weighted by molar-refractivity contribution is 7.12. The molecule has 1 aliphatic carbocycles. The molecule has 1 aromatic heterocycles. The van der Waals surface area contributed by atoms with Gasteiger partial charge in [-0.1, -0.05) is 32.8 Å². The smallest absolute Gasteiger partial charge is 0.264 e. The lowest BCUT2D eigenvalue weighted by atomic mass is 10.0. The van der Waals surface area contributed by atoms with Crippen molar-refractivity contribution < 1.29 is 9.59 Å². The average Bonchev–Trinajstić information content (AvgIpc) is 3.45. The van der Waals surface area contributed by atoms with Gasteiger partial charge >= 0.3 is 0 Å². The monoisotopic (exact) mass is 441 g/mol. The highest BCUT2D eigenvalue weighted by Crippen LogP contribution is 2.30. The number of amides is 2. The zero-order valence-corrected chi connectivity index (χ0v) is 20.2. The van der Waals surface area contributed by atoms with Crippen LogP contribution >= 0.6 is 11.3 Å². The topological polar surface area (TPSA) is 52.7 Å². The van der Waals surface area contributed by atoms with Crippen molar-refractivity contribution in [2.45, 2.75) is 59.0 Å². The molecule has 2 amide bonds. The summed E-state index contributed by atoms with van der Waals surface area (Å²) in [6, 6.07) is 9.92. The summed E-state index contributed by atoms with van der Waals surface area (Å²) in [5, 5.41) is 5.05. The summed E-state index contributed by atoms with van der Waals surface area (Å²) in [6.07, 6.45) is 4.22. The first kappa shape index (κ1) is 23.3. The van der Waals surface area contributed by atoms with E-state index in [-0.39, 0.29) is 23.8 Å². The Morgan fingerprint density at radius 3 is 2.42 bits per heavy atom. The third-order valence-corrected chi connectivity index (χ3v) is 7.20. The van der Waals surface area contributed by atoms with Crippen LogP contribution in [0.2, 0.25) is 0 Å². The van der Waals surface area contributed by atoms with Gasteiger partial charge in [0, 0.05) is 44.0 Å². The lowest BCUT2D eigenvalue weighted by Crippen LogP contribution is -2.41. The molecule has 1 saturated carbocycles. The van der Waals surface area contributed by atoms with E-state index in [1.54, 1.807) is 0 Å². The third kappa shape index (κ3) is 5.67. The van der Waals surface area contributed by atoms with E-state index in [0.717, 1.165) is 47.5 Å². The van der Waals surface area contributed by atoms with Crippen LogP contribution in [0.3, 0.4) is 0 Å². The second kappa shape index (κ2) is 10.3. The zero-order valence-electron chi connectivity index (χ0n) is 19.4. The second-order valence-corrected chi connectivity index (χ2v) is 10.1. The van der Waals surface area contributed by atoms with Gasteiger partial charge in [0.2, 0.25) is 5.91 Å². The Morgan fingerprint density at radius 2 is 1.84 bits per heavy atom. The van der Waals surface area contributed by atoms with Gasteiger partial charge in [0.25, 0.3) is 5.91 Å². The van der Waals surface area contributed by atoms with Gasteiger partial charge in [0.05, 0.1) is 4.88 Å². The van der Waals surface area contributed by atoms with Crippen molar-refractivity contribution in [3.05, 3.63) is 46.2 Å². The van der Waals surface area contributed by atoms with Crippen LogP contribution in [0.25, 0.3) is 0 Å². The predicted octanol–water partition coefficient (Wildman–Crippen LogP) is 5.63. The third-order valence-electron chi connectivity index (χ3n) is 6.34. The second-order valence-electron chi connectivity index (χ2n) is 9.10. The Hall–Kier alpha value is -2.34. The number of carbonyl (C=O) groups excluding carboxylic acids is 2. The molecule has 0 radical (unpaired) electrons. The molecule has 31 heavy (non-hydrogen) atoms. The van der Waals surface area contributed by atoms with E-state index in [9.17, 15) is 9.59 Å². The Bertz CT molecular complexity index is 886. The van der Waals surface area contributed by atoms with E-state index in [4.69, 9.17) is 0 Å². The summed E-state index contributed by atoms with van der Waals surface area (Å²) in [5.41, 5.74) is 2.89. The van der Waals surface area contributed by atoms with Crippen LogP contribution in [0.4, 0.5) is 11.4 Å². The van der Waals surface area contributed by atoms with Crippen molar-refractivity contribution >= 4 is 34.5 Å². The lowest BCUT2D eigenvalue weighted by Gasteiger charge is -2.33. The Morgan fingerprint density at radius 1 is 1.13 bits per heavy atom. The molecule has 5 nitrogen and oxygen atoms in total. The maximum atomic E-state index is 13.3. The van der Waals surface area contributed by atoms with Crippen molar-refractivity contribution in [2.75, 3.05) is 24.3 Å². The number of rotatable bonds is 8. The Kier molecular flexibility index (Phi) is 7.76. The molecule has 2 aromatic rings. The number of nitrogens with one attached hydrogen (secondary N) is 1. The van der Waals surface area contributed by atoms with E-state index < -0.39 is 0 Å². The van der Waals surface area contributed by atoms with Crippen LogP contribution in [0.1, 0.15) is 61.7 Å². The number of thiophene rings is 1. The van der Waals surface area contributed by atoms with Crippen LogP contribution in [0.15, 0.2) is 35.7 Å². The van der Waals surface area contributed by atoms with Gasteiger partial charge in [-0.3, -0.25) is 9.59 Å². The molecule has 0 aliphatic heterocycles. The van der Waals surface area contributed by atoms with Crippen LogP contribution < -0.4 is 10.2 Å². The van der Waals surface area contributed by atoms with Gasteiger partial charge in [-0.25, -0.2) is 0 Å².